The van der Waals surface area contributed by atoms with E-state index in [-0.39, 0.29) is 6.54 Å². The minimum atomic E-state index is -4.21. The first-order chi connectivity index (χ1) is 7.20. The van der Waals surface area contributed by atoms with Crippen molar-refractivity contribution in [1.82, 2.24) is 10.2 Å². The van der Waals surface area contributed by atoms with E-state index in [1.54, 1.807) is 0 Å². The molecule has 1 unspecified atom stereocenters. The lowest BCUT2D eigenvalue weighted by atomic mass is 10.2. The molecule has 0 amide bonds. The van der Waals surface area contributed by atoms with E-state index in [1.165, 1.54) is 7.05 Å². The fraction of sp³-hybridized carbons (Fsp3) is 1.00. The SMILES string of the molecule is CC(C)CNCC(O)CN(C)CC(F)(F)F. The highest BCUT2D eigenvalue weighted by atomic mass is 19.4. The zero-order valence-electron chi connectivity index (χ0n) is 10.0. The second-order valence-electron chi connectivity index (χ2n) is 4.52. The molecule has 2 N–H and O–H groups in total. The molecule has 0 aromatic carbocycles. The highest BCUT2D eigenvalue weighted by molar-refractivity contribution is 4.67. The Balaban J connectivity index is 3.66. The van der Waals surface area contributed by atoms with Gasteiger partial charge in [0.25, 0.3) is 0 Å². The predicted octanol–water partition coefficient (Wildman–Crippen LogP) is 1.09. The molecule has 0 saturated heterocycles. The van der Waals surface area contributed by atoms with Crippen molar-refractivity contribution in [3.8, 4) is 0 Å². The smallest absolute Gasteiger partial charge is 0.390 e. The van der Waals surface area contributed by atoms with Gasteiger partial charge in [-0.1, -0.05) is 13.8 Å². The maximum Gasteiger partial charge on any atom is 0.401 e. The zero-order valence-corrected chi connectivity index (χ0v) is 10.0. The normalized spacial score (nSPS) is 14.8. The number of aliphatic hydroxyl groups is 1. The number of nitrogens with one attached hydrogen (secondary N) is 1. The van der Waals surface area contributed by atoms with Crippen molar-refractivity contribution < 1.29 is 18.3 Å². The summed E-state index contributed by atoms with van der Waals surface area (Å²) in [4.78, 5) is 1.07. The third-order valence-corrected chi connectivity index (χ3v) is 1.90. The lowest BCUT2D eigenvalue weighted by Gasteiger charge is -2.22. The third kappa shape index (κ3) is 10.2. The molecule has 98 valence electrons. The van der Waals surface area contributed by atoms with Crippen LogP contribution in [0.1, 0.15) is 13.8 Å². The molecule has 0 spiro atoms. The van der Waals surface area contributed by atoms with Crippen molar-refractivity contribution in [3.05, 3.63) is 0 Å². The Bertz CT molecular complexity index is 185. The van der Waals surface area contributed by atoms with Crippen LogP contribution in [0.15, 0.2) is 0 Å². The van der Waals surface area contributed by atoms with Crippen molar-refractivity contribution in [2.75, 3.05) is 33.2 Å². The maximum atomic E-state index is 12.0. The maximum absolute atomic E-state index is 12.0. The number of likely N-dealkylation sites (N-methyl/N-ethyl adjacent to an activating group) is 1. The van der Waals surface area contributed by atoms with Gasteiger partial charge in [-0.25, -0.2) is 0 Å². The van der Waals surface area contributed by atoms with Crippen LogP contribution >= 0.6 is 0 Å². The van der Waals surface area contributed by atoms with E-state index in [9.17, 15) is 18.3 Å². The molecule has 0 bridgehead atoms. The topological polar surface area (TPSA) is 35.5 Å². The fourth-order valence-corrected chi connectivity index (χ4v) is 1.33. The van der Waals surface area contributed by atoms with Gasteiger partial charge in [-0.2, -0.15) is 13.2 Å². The molecule has 3 nitrogen and oxygen atoms in total. The van der Waals surface area contributed by atoms with E-state index in [0.717, 1.165) is 11.4 Å². The van der Waals surface area contributed by atoms with Gasteiger partial charge < -0.3 is 10.4 Å². The summed E-state index contributed by atoms with van der Waals surface area (Å²) >= 11 is 0. The Morgan fingerprint density at radius 3 is 2.25 bits per heavy atom. The van der Waals surface area contributed by atoms with Crippen molar-refractivity contribution in [1.29, 1.82) is 0 Å². The molecule has 0 aliphatic rings. The Morgan fingerprint density at radius 1 is 1.25 bits per heavy atom. The van der Waals surface area contributed by atoms with Gasteiger partial charge in [0.2, 0.25) is 0 Å². The summed E-state index contributed by atoms with van der Waals surface area (Å²) in [5.74, 6) is 0.458. The van der Waals surface area contributed by atoms with E-state index in [0.29, 0.717) is 12.5 Å². The Kier molecular flexibility index (Phi) is 6.94. The molecule has 0 aliphatic carbocycles. The van der Waals surface area contributed by atoms with Crippen molar-refractivity contribution in [3.63, 3.8) is 0 Å². The summed E-state index contributed by atoms with van der Waals surface area (Å²) in [6, 6.07) is 0. The van der Waals surface area contributed by atoms with Gasteiger partial charge in [0, 0.05) is 13.1 Å². The summed E-state index contributed by atoms with van der Waals surface area (Å²) in [6.45, 7) is 4.14. The number of halogens is 3. The predicted molar refractivity (Wildman–Crippen MR) is 57.3 cm³/mol. The van der Waals surface area contributed by atoms with Crippen molar-refractivity contribution in [2.24, 2.45) is 5.92 Å². The Hall–Kier alpha value is -0.330. The minimum Gasteiger partial charge on any atom is -0.390 e. The fourth-order valence-electron chi connectivity index (χ4n) is 1.33. The second kappa shape index (κ2) is 7.09. The van der Waals surface area contributed by atoms with Gasteiger partial charge in [-0.05, 0) is 19.5 Å². The monoisotopic (exact) mass is 242 g/mol. The Labute approximate surface area is 94.6 Å². The van der Waals surface area contributed by atoms with Crippen LogP contribution in [-0.4, -0.2) is 55.5 Å². The van der Waals surface area contributed by atoms with Crippen LogP contribution in [0.3, 0.4) is 0 Å². The number of alkyl halides is 3. The molecule has 0 fully saturated rings. The molecule has 16 heavy (non-hydrogen) atoms. The standard InChI is InChI=1S/C10H21F3N2O/c1-8(2)4-14-5-9(16)6-15(3)7-10(11,12)13/h8-9,14,16H,4-7H2,1-3H3. The first-order valence-electron chi connectivity index (χ1n) is 5.34. The molecule has 0 aromatic heterocycles. The first-order valence-corrected chi connectivity index (χ1v) is 5.34. The summed E-state index contributed by atoms with van der Waals surface area (Å²) < 4.78 is 35.9. The summed E-state index contributed by atoms with van der Waals surface area (Å²) in [6.07, 6.45) is -4.98. The largest absolute Gasteiger partial charge is 0.401 e. The van der Waals surface area contributed by atoms with Crippen LogP contribution < -0.4 is 5.32 Å². The number of hydrogen-bond donors (Lipinski definition) is 2. The molecular weight excluding hydrogens is 221 g/mol. The highest BCUT2D eigenvalue weighted by Crippen LogP contribution is 2.15. The lowest BCUT2D eigenvalue weighted by Crippen LogP contribution is -2.40. The third-order valence-electron chi connectivity index (χ3n) is 1.90. The van der Waals surface area contributed by atoms with Crippen LogP contribution in [-0.2, 0) is 0 Å². The minimum absolute atomic E-state index is 0.0185. The quantitative estimate of drug-likeness (QED) is 0.701. The van der Waals surface area contributed by atoms with Gasteiger partial charge in [-0.3, -0.25) is 4.90 Å². The molecule has 0 aliphatic heterocycles. The number of aliphatic hydroxyl groups excluding tert-OH is 1. The molecule has 0 radical (unpaired) electrons. The molecule has 0 aromatic rings. The van der Waals surface area contributed by atoms with Crippen LogP contribution in [0.4, 0.5) is 13.2 Å². The van der Waals surface area contributed by atoms with Crippen molar-refractivity contribution in [2.45, 2.75) is 26.1 Å². The first kappa shape index (κ1) is 15.7. The van der Waals surface area contributed by atoms with Gasteiger partial charge in [0.05, 0.1) is 12.6 Å². The summed E-state index contributed by atoms with van der Waals surface area (Å²) in [5, 5.41) is 12.5. The van der Waals surface area contributed by atoms with E-state index in [2.05, 4.69) is 5.32 Å². The van der Waals surface area contributed by atoms with Crippen molar-refractivity contribution >= 4 is 0 Å². The Morgan fingerprint density at radius 2 is 1.81 bits per heavy atom. The van der Waals surface area contributed by atoms with Crippen LogP contribution in [0.25, 0.3) is 0 Å². The number of rotatable bonds is 7. The average Bonchev–Trinajstić information content (AvgIpc) is 1.98. The summed E-state index contributed by atoms with van der Waals surface area (Å²) in [7, 11) is 1.35. The zero-order chi connectivity index (χ0) is 12.8. The number of hydrogen-bond acceptors (Lipinski definition) is 3. The van der Waals surface area contributed by atoms with Gasteiger partial charge in [0.1, 0.15) is 0 Å². The van der Waals surface area contributed by atoms with Gasteiger partial charge in [0.15, 0.2) is 0 Å². The number of nitrogens with zero attached hydrogens (tertiary/aromatic N) is 1. The lowest BCUT2D eigenvalue weighted by molar-refractivity contribution is -0.145. The van der Waals surface area contributed by atoms with Crippen LogP contribution in [0, 0.1) is 5.92 Å². The highest BCUT2D eigenvalue weighted by Gasteiger charge is 2.29. The van der Waals surface area contributed by atoms with Crippen LogP contribution in [0.2, 0.25) is 0 Å². The molecule has 0 heterocycles. The van der Waals surface area contributed by atoms with E-state index >= 15 is 0 Å². The van der Waals surface area contributed by atoms with Gasteiger partial charge in [-0.15, -0.1) is 0 Å². The molecule has 0 saturated carbocycles. The molecule has 6 heteroatoms. The average molecular weight is 242 g/mol. The van der Waals surface area contributed by atoms with E-state index in [4.69, 9.17) is 0 Å². The second-order valence-corrected chi connectivity index (χ2v) is 4.52. The van der Waals surface area contributed by atoms with Crippen LogP contribution in [0.5, 0.6) is 0 Å². The molecule has 1 atom stereocenters. The van der Waals surface area contributed by atoms with E-state index in [1.807, 2.05) is 13.8 Å². The molecular formula is C10H21F3N2O. The molecule has 0 rings (SSSR count). The van der Waals surface area contributed by atoms with Gasteiger partial charge >= 0.3 is 6.18 Å². The summed E-state index contributed by atoms with van der Waals surface area (Å²) in [5.41, 5.74) is 0. The van der Waals surface area contributed by atoms with E-state index < -0.39 is 18.8 Å².